The first-order chi connectivity index (χ1) is 12.2. The number of halogens is 1. The Kier molecular flexibility index (Phi) is 3.81. The summed E-state index contributed by atoms with van der Waals surface area (Å²) in [6, 6.07) is 10.1. The number of nitrogens with one attached hydrogen (secondary N) is 1. The van der Waals surface area contributed by atoms with Crippen LogP contribution in [0.2, 0.25) is 0 Å². The van der Waals surface area contributed by atoms with Gasteiger partial charge in [0.25, 0.3) is 0 Å². The summed E-state index contributed by atoms with van der Waals surface area (Å²) >= 11 is 0. The summed E-state index contributed by atoms with van der Waals surface area (Å²) in [5.41, 5.74) is 2.48. The van der Waals surface area contributed by atoms with Crippen LogP contribution in [-0.4, -0.2) is 24.5 Å². The summed E-state index contributed by atoms with van der Waals surface area (Å²) < 4.78 is 14.9. The Morgan fingerprint density at radius 3 is 2.76 bits per heavy atom. The van der Waals surface area contributed by atoms with Gasteiger partial charge in [0.15, 0.2) is 11.5 Å². The molecule has 0 aliphatic heterocycles. The molecular formula is C18H15FN6. The zero-order chi connectivity index (χ0) is 17.2. The molecule has 4 rings (SSSR count). The molecule has 3 aromatic heterocycles. The lowest BCUT2D eigenvalue weighted by Gasteiger charge is -2.15. The minimum Gasteiger partial charge on any atom is -0.362 e. The second-order valence-electron chi connectivity index (χ2n) is 5.64. The van der Waals surface area contributed by atoms with Crippen LogP contribution in [0.3, 0.4) is 0 Å². The molecule has 3 heterocycles. The van der Waals surface area contributed by atoms with Crippen LogP contribution < -0.4 is 5.32 Å². The van der Waals surface area contributed by atoms with Gasteiger partial charge in [0.2, 0.25) is 0 Å². The number of imidazole rings is 1. The molecule has 4 aromatic rings. The summed E-state index contributed by atoms with van der Waals surface area (Å²) in [6.07, 6.45) is 6.70. The maximum Gasteiger partial charge on any atom is 0.177 e. The normalized spacial score (nSPS) is 12.2. The van der Waals surface area contributed by atoms with Crippen LogP contribution in [0.1, 0.15) is 18.5 Å². The fourth-order valence-electron chi connectivity index (χ4n) is 2.63. The van der Waals surface area contributed by atoms with Gasteiger partial charge in [-0.15, -0.1) is 0 Å². The zero-order valence-electron chi connectivity index (χ0n) is 13.5. The number of pyridine rings is 1. The Morgan fingerprint density at radius 2 is 1.92 bits per heavy atom. The van der Waals surface area contributed by atoms with Crippen molar-refractivity contribution in [2.75, 3.05) is 5.32 Å². The summed E-state index contributed by atoms with van der Waals surface area (Å²) in [5.74, 6) is 1.02. The van der Waals surface area contributed by atoms with E-state index in [4.69, 9.17) is 0 Å². The van der Waals surface area contributed by atoms with Crippen molar-refractivity contribution in [2.45, 2.75) is 13.0 Å². The average molecular weight is 334 g/mol. The first-order valence-corrected chi connectivity index (χ1v) is 7.83. The smallest absolute Gasteiger partial charge is 0.177 e. The van der Waals surface area contributed by atoms with Crippen molar-refractivity contribution in [3.63, 3.8) is 0 Å². The highest BCUT2D eigenvalue weighted by molar-refractivity contribution is 5.72. The predicted molar refractivity (Wildman–Crippen MR) is 92.9 cm³/mol. The van der Waals surface area contributed by atoms with Crippen LogP contribution in [0.5, 0.6) is 0 Å². The number of anilines is 1. The molecule has 6 nitrogen and oxygen atoms in total. The highest BCUT2D eigenvalue weighted by Crippen LogP contribution is 2.20. The molecule has 0 spiro atoms. The van der Waals surface area contributed by atoms with E-state index in [0.717, 1.165) is 11.1 Å². The average Bonchev–Trinajstić information content (AvgIpc) is 3.06. The van der Waals surface area contributed by atoms with Crippen molar-refractivity contribution in [2.24, 2.45) is 0 Å². The first kappa shape index (κ1) is 15.2. The molecule has 1 atom stereocenters. The van der Waals surface area contributed by atoms with E-state index >= 15 is 0 Å². The van der Waals surface area contributed by atoms with Crippen molar-refractivity contribution in [3.05, 3.63) is 72.7 Å². The third-order valence-electron chi connectivity index (χ3n) is 3.92. The number of hydrogen-bond donors (Lipinski definition) is 1. The van der Waals surface area contributed by atoms with Gasteiger partial charge < -0.3 is 5.32 Å². The van der Waals surface area contributed by atoms with Gasteiger partial charge in [0.05, 0.1) is 17.9 Å². The number of hydrogen-bond acceptors (Lipinski definition) is 5. The standard InChI is InChI=1S/C18H15FN6/c1-12(13-4-6-14(19)7-5-13)23-16-9-20-10-17(24-16)25-11-22-18-15(25)3-2-8-21-18/h2-12H,1H3,(H,23,24)/t12-/m0/s1. The predicted octanol–water partition coefficient (Wildman–Crippen LogP) is 3.52. The molecule has 7 heteroatoms. The fraction of sp³-hybridized carbons (Fsp3) is 0.111. The monoisotopic (exact) mass is 334 g/mol. The Hall–Kier alpha value is -3.35. The van der Waals surface area contributed by atoms with E-state index in [1.165, 1.54) is 12.1 Å². The molecule has 0 aliphatic rings. The fourth-order valence-corrected chi connectivity index (χ4v) is 2.63. The molecule has 0 saturated carbocycles. The molecule has 0 amide bonds. The molecule has 0 bridgehead atoms. The SMILES string of the molecule is C[C@H](Nc1cncc(-n2cnc3ncccc32)n1)c1ccc(F)cc1. The summed E-state index contributed by atoms with van der Waals surface area (Å²) in [5, 5.41) is 3.28. The van der Waals surface area contributed by atoms with Crippen molar-refractivity contribution in [3.8, 4) is 5.82 Å². The lowest BCUT2D eigenvalue weighted by atomic mass is 10.1. The largest absolute Gasteiger partial charge is 0.362 e. The maximum absolute atomic E-state index is 13.1. The zero-order valence-corrected chi connectivity index (χ0v) is 13.5. The van der Waals surface area contributed by atoms with Gasteiger partial charge in [-0.1, -0.05) is 12.1 Å². The minimum absolute atomic E-state index is 0.0358. The van der Waals surface area contributed by atoms with Gasteiger partial charge in [-0.3, -0.25) is 9.55 Å². The van der Waals surface area contributed by atoms with E-state index in [1.54, 1.807) is 37.1 Å². The molecule has 0 saturated heterocycles. The number of benzene rings is 1. The van der Waals surface area contributed by atoms with Gasteiger partial charge in [0, 0.05) is 12.2 Å². The van der Waals surface area contributed by atoms with Gasteiger partial charge in [-0.25, -0.2) is 19.3 Å². The molecule has 124 valence electrons. The molecule has 1 aromatic carbocycles. The van der Waals surface area contributed by atoms with E-state index in [9.17, 15) is 4.39 Å². The maximum atomic E-state index is 13.1. The minimum atomic E-state index is -0.252. The summed E-state index contributed by atoms with van der Waals surface area (Å²) in [6.45, 7) is 1.98. The van der Waals surface area contributed by atoms with Crippen LogP contribution in [-0.2, 0) is 0 Å². The van der Waals surface area contributed by atoms with Gasteiger partial charge in [-0.2, -0.15) is 0 Å². The van der Waals surface area contributed by atoms with Crippen molar-refractivity contribution in [1.29, 1.82) is 0 Å². The first-order valence-electron chi connectivity index (χ1n) is 7.83. The lowest BCUT2D eigenvalue weighted by molar-refractivity contribution is 0.626. The number of nitrogens with zero attached hydrogens (tertiary/aromatic N) is 5. The number of aromatic nitrogens is 5. The van der Waals surface area contributed by atoms with Gasteiger partial charge >= 0.3 is 0 Å². The van der Waals surface area contributed by atoms with E-state index in [-0.39, 0.29) is 11.9 Å². The molecule has 0 radical (unpaired) electrons. The lowest BCUT2D eigenvalue weighted by Crippen LogP contribution is -2.09. The topological polar surface area (TPSA) is 68.5 Å². The Balaban J connectivity index is 1.62. The molecule has 0 unspecified atom stereocenters. The highest BCUT2D eigenvalue weighted by Gasteiger charge is 2.10. The van der Waals surface area contributed by atoms with Crippen LogP contribution in [0.15, 0.2) is 61.3 Å². The summed E-state index contributed by atoms with van der Waals surface area (Å²) in [7, 11) is 0. The van der Waals surface area contributed by atoms with Crippen molar-refractivity contribution >= 4 is 17.0 Å². The number of fused-ring (bicyclic) bond motifs is 1. The number of rotatable bonds is 4. The van der Waals surface area contributed by atoms with E-state index < -0.39 is 0 Å². The summed E-state index contributed by atoms with van der Waals surface area (Å²) in [4.78, 5) is 17.3. The second-order valence-corrected chi connectivity index (χ2v) is 5.64. The molecule has 0 aliphatic carbocycles. The van der Waals surface area contributed by atoms with E-state index in [1.807, 2.05) is 23.6 Å². The Bertz CT molecular complexity index is 1010. The van der Waals surface area contributed by atoms with Crippen LogP contribution in [0.4, 0.5) is 10.2 Å². The Morgan fingerprint density at radius 1 is 1.08 bits per heavy atom. The van der Waals surface area contributed by atoms with Crippen molar-refractivity contribution < 1.29 is 4.39 Å². The highest BCUT2D eigenvalue weighted by atomic mass is 19.1. The molecule has 1 N–H and O–H groups in total. The van der Waals surface area contributed by atoms with Crippen LogP contribution in [0.25, 0.3) is 17.0 Å². The van der Waals surface area contributed by atoms with Crippen LogP contribution in [0, 0.1) is 5.82 Å². The quantitative estimate of drug-likeness (QED) is 0.618. The second kappa shape index (κ2) is 6.27. The van der Waals surface area contributed by atoms with Gasteiger partial charge in [-0.05, 0) is 36.8 Å². The van der Waals surface area contributed by atoms with Crippen LogP contribution >= 0.6 is 0 Å². The molecular weight excluding hydrogens is 319 g/mol. The van der Waals surface area contributed by atoms with E-state index in [0.29, 0.717) is 17.3 Å². The third-order valence-corrected chi connectivity index (χ3v) is 3.92. The van der Waals surface area contributed by atoms with Gasteiger partial charge in [0.1, 0.15) is 18.0 Å². The van der Waals surface area contributed by atoms with E-state index in [2.05, 4.69) is 25.3 Å². The molecule has 0 fully saturated rings. The third kappa shape index (κ3) is 3.03. The van der Waals surface area contributed by atoms with Crippen molar-refractivity contribution in [1.82, 2.24) is 24.5 Å². The molecule has 25 heavy (non-hydrogen) atoms. The Labute approximate surface area is 143 Å².